The molecule has 0 bridgehead atoms. The summed E-state index contributed by atoms with van der Waals surface area (Å²) >= 11 is 0. The zero-order valence-corrected chi connectivity index (χ0v) is 13.9. The van der Waals surface area contributed by atoms with Crippen LogP contribution in [0, 0.1) is 17.0 Å². The van der Waals surface area contributed by atoms with Gasteiger partial charge in [-0.1, -0.05) is 30.3 Å². The zero-order valence-electron chi connectivity index (χ0n) is 13.9. The van der Waals surface area contributed by atoms with Crippen molar-refractivity contribution in [2.45, 2.75) is 32.4 Å². The van der Waals surface area contributed by atoms with Crippen LogP contribution in [0.1, 0.15) is 24.0 Å². The van der Waals surface area contributed by atoms with Crippen LogP contribution in [0.25, 0.3) is 10.9 Å². The average Bonchev–Trinajstić information content (AvgIpc) is 3.45. The predicted molar refractivity (Wildman–Crippen MR) is 96.6 cm³/mol. The number of nitro groups is 1. The highest BCUT2D eigenvalue weighted by Gasteiger charge is 2.32. The van der Waals surface area contributed by atoms with Crippen molar-refractivity contribution in [1.82, 2.24) is 9.97 Å². The summed E-state index contributed by atoms with van der Waals surface area (Å²) < 4.78 is 0. The lowest BCUT2D eigenvalue weighted by Gasteiger charge is -2.25. The molecule has 3 aromatic rings. The average molecular weight is 334 g/mol. The second-order valence-electron chi connectivity index (χ2n) is 6.41. The minimum Gasteiger partial charge on any atom is -0.348 e. The van der Waals surface area contributed by atoms with Crippen LogP contribution < -0.4 is 4.90 Å². The zero-order chi connectivity index (χ0) is 17.4. The van der Waals surface area contributed by atoms with Crippen LogP contribution in [0.5, 0.6) is 0 Å². The van der Waals surface area contributed by atoms with Gasteiger partial charge in [0, 0.05) is 23.1 Å². The van der Waals surface area contributed by atoms with Crippen molar-refractivity contribution in [3.8, 4) is 0 Å². The molecule has 6 heteroatoms. The fraction of sp³-hybridized carbons (Fsp3) is 0.263. The summed E-state index contributed by atoms with van der Waals surface area (Å²) in [5.74, 6) is 0.865. The molecule has 1 aromatic heterocycles. The van der Waals surface area contributed by atoms with E-state index < -0.39 is 0 Å². The fourth-order valence-corrected chi connectivity index (χ4v) is 3.25. The Hall–Kier alpha value is -3.02. The van der Waals surface area contributed by atoms with Gasteiger partial charge in [-0.3, -0.25) is 10.1 Å². The smallest absolute Gasteiger partial charge is 0.274 e. The SMILES string of the molecule is Cc1cccc2ncnc(N(Cc3ccccc3[N+](=O)[O-])C3CC3)c12. The topological polar surface area (TPSA) is 72.2 Å². The number of hydrogen-bond acceptors (Lipinski definition) is 5. The Labute approximate surface area is 145 Å². The number of fused-ring (bicyclic) bond motifs is 1. The lowest BCUT2D eigenvalue weighted by molar-refractivity contribution is -0.385. The number of aromatic nitrogens is 2. The van der Waals surface area contributed by atoms with E-state index >= 15 is 0 Å². The minimum absolute atomic E-state index is 0.156. The number of hydrogen-bond donors (Lipinski definition) is 0. The summed E-state index contributed by atoms with van der Waals surface area (Å²) in [7, 11) is 0. The van der Waals surface area contributed by atoms with Crippen molar-refractivity contribution in [2.24, 2.45) is 0 Å². The first-order valence-corrected chi connectivity index (χ1v) is 8.34. The molecule has 0 radical (unpaired) electrons. The molecule has 0 amide bonds. The highest BCUT2D eigenvalue weighted by Crippen LogP contribution is 2.37. The summed E-state index contributed by atoms with van der Waals surface area (Å²) in [4.78, 5) is 22.1. The predicted octanol–water partition coefficient (Wildman–Crippen LogP) is 4.02. The maximum atomic E-state index is 11.4. The van der Waals surface area contributed by atoms with Crippen LogP contribution in [0.4, 0.5) is 11.5 Å². The minimum atomic E-state index is -0.316. The van der Waals surface area contributed by atoms with Crippen LogP contribution in [-0.4, -0.2) is 20.9 Å². The van der Waals surface area contributed by atoms with Crippen molar-refractivity contribution < 1.29 is 4.92 Å². The summed E-state index contributed by atoms with van der Waals surface area (Å²) in [5, 5.41) is 12.4. The van der Waals surface area contributed by atoms with E-state index in [0.29, 0.717) is 18.2 Å². The largest absolute Gasteiger partial charge is 0.348 e. The first-order valence-electron chi connectivity index (χ1n) is 8.34. The highest BCUT2D eigenvalue weighted by atomic mass is 16.6. The van der Waals surface area contributed by atoms with Gasteiger partial charge in [0.15, 0.2) is 0 Å². The van der Waals surface area contributed by atoms with Gasteiger partial charge in [0.25, 0.3) is 5.69 Å². The van der Waals surface area contributed by atoms with E-state index in [4.69, 9.17) is 0 Å². The molecule has 1 aliphatic rings. The van der Waals surface area contributed by atoms with E-state index in [1.54, 1.807) is 18.5 Å². The molecule has 1 aliphatic carbocycles. The Morgan fingerprint density at radius 2 is 1.96 bits per heavy atom. The van der Waals surface area contributed by atoms with Crippen LogP contribution in [-0.2, 0) is 6.54 Å². The Kier molecular flexibility index (Phi) is 3.80. The van der Waals surface area contributed by atoms with Crippen LogP contribution in [0.2, 0.25) is 0 Å². The monoisotopic (exact) mass is 334 g/mol. The van der Waals surface area contributed by atoms with Crippen molar-refractivity contribution in [2.75, 3.05) is 4.90 Å². The third kappa shape index (κ3) is 2.91. The van der Waals surface area contributed by atoms with Gasteiger partial charge in [-0.05, 0) is 31.4 Å². The molecule has 25 heavy (non-hydrogen) atoms. The number of para-hydroxylation sites is 1. The second-order valence-corrected chi connectivity index (χ2v) is 6.41. The number of anilines is 1. The Morgan fingerprint density at radius 1 is 1.16 bits per heavy atom. The van der Waals surface area contributed by atoms with Crippen molar-refractivity contribution >= 4 is 22.4 Å². The lowest BCUT2D eigenvalue weighted by atomic mass is 10.1. The molecule has 0 aliphatic heterocycles. The van der Waals surface area contributed by atoms with Crippen molar-refractivity contribution in [3.05, 3.63) is 70.0 Å². The van der Waals surface area contributed by atoms with Gasteiger partial charge >= 0.3 is 0 Å². The van der Waals surface area contributed by atoms with E-state index in [-0.39, 0.29) is 10.6 Å². The Bertz CT molecular complexity index is 948. The van der Waals surface area contributed by atoms with Gasteiger partial charge in [0.05, 0.1) is 17.0 Å². The van der Waals surface area contributed by atoms with Crippen molar-refractivity contribution in [1.29, 1.82) is 0 Å². The third-order valence-corrected chi connectivity index (χ3v) is 4.64. The number of benzene rings is 2. The fourth-order valence-electron chi connectivity index (χ4n) is 3.25. The van der Waals surface area contributed by atoms with Crippen molar-refractivity contribution in [3.63, 3.8) is 0 Å². The van der Waals surface area contributed by atoms with Gasteiger partial charge in [0.1, 0.15) is 12.1 Å². The quantitative estimate of drug-likeness (QED) is 0.520. The normalized spacial score (nSPS) is 13.8. The summed E-state index contributed by atoms with van der Waals surface area (Å²) in [6.07, 6.45) is 3.74. The molecule has 0 spiro atoms. The van der Waals surface area contributed by atoms with E-state index in [1.165, 1.54) is 0 Å². The number of rotatable bonds is 5. The molecule has 0 saturated heterocycles. The highest BCUT2D eigenvalue weighted by molar-refractivity contribution is 5.92. The molecule has 0 unspecified atom stereocenters. The molecule has 0 N–H and O–H groups in total. The van der Waals surface area contributed by atoms with E-state index in [0.717, 1.165) is 35.1 Å². The maximum Gasteiger partial charge on any atom is 0.274 e. The standard InChI is InChI=1S/C19H18N4O2/c1-13-5-4-7-16-18(13)19(21-12-20-16)22(15-9-10-15)11-14-6-2-3-8-17(14)23(24)25/h2-8,12,15H,9-11H2,1H3. The van der Waals surface area contributed by atoms with Crippen LogP contribution >= 0.6 is 0 Å². The molecular weight excluding hydrogens is 316 g/mol. The second kappa shape index (κ2) is 6.12. The molecule has 1 saturated carbocycles. The van der Waals surface area contributed by atoms with Gasteiger partial charge in [-0.15, -0.1) is 0 Å². The molecule has 1 heterocycles. The van der Waals surface area contributed by atoms with Gasteiger partial charge < -0.3 is 4.90 Å². The van der Waals surface area contributed by atoms with Gasteiger partial charge in [0.2, 0.25) is 0 Å². The third-order valence-electron chi connectivity index (χ3n) is 4.64. The Morgan fingerprint density at radius 3 is 2.72 bits per heavy atom. The molecular formula is C19H18N4O2. The number of nitrogens with zero attached hydrogens (tertiary/aromatic N) is 4. The number of aryl methyl sites for hydroxylation is 1. The Balaban J connectivity index is 1.81. The number of nitro benzene ring substituents is 1. The van der Waals surface area contributed by atoms with Gasteiger partial charge in [-0.2, -0.15) is 0 Å². The molecule has 6 nitrogen and oxygen atoms in total. The van der Waals surface area contributed by atoms with Gasteiger partial charge in [-0.25, -0.2) is 9.97 Å². The molecule has 1 fully saturated rings. The van der Waals surface area contributed by atoms with Crippen LogP contribution in [0.15, 0.2) is 48.8 Å². The molecule has 126 valence electrons. The first-order chi connectivity index (χ1) is 12.1. The first kappa shape index (κ1) is 15.5. The van der Waals surface area contributed by atoms with E-state index in [2.05, 4.69) is 14.9 Å². The summed E-state index contributed by atoms with van der Waals surface area (Å²) in [5.41, 5.74) is 2.88. The molecule has 2 aromatic carbocycles. The van der Waals surface area contributed by atoms with E-state index in [9.17, 15) is 10.1 Å². The molecule has 4 rings (SSSR count). The lowest BCUT2D eigenvalue weighted by Crippen LogP contribution is -2.27. The summed E-state index contributed by atoms with van der Waals surface area (Å²) in [6.45, 7) is 2.52. The van der Waals surface area contributed by atoms with Crippen LogP contribution in [0.3, 0.4) is 0 Å². The maximum absolute atomic E-state index is 11.4. The van der Waals surface area contributed by atoms with E-state index in [1.807, 2.05) is 37.3 Å². The molecule has 0 atom stereocenters. The summed E-state index contributed by atoms with van der Waals surface area (Å²) in [6, 6.07) is 13.3.